The fourth-order valence-electron chi connectivity index (χ4n) is 4.87. The van der Waals surface area contributed by atoms with Crippen LogP contribution in [0.3, 0.4) is 0 Å². The molecule has 6 rings (SSSR count). The van der Waals surface area contributed by atoms with Crippen LogP contribution in [-0.4, -0.2) is 33.4 Å². The van der Waals surface area contributed by atoms with Crippen LogP contribution in [0.15, 0.2) is 103 Å². The second-order valence-electron chi connectivity index (χ2n) is 12.7. The number of phenolic OH excluding ortho intramolecular Hbond substituents is 3. The monoisotopic (exact) mass is 1070 g/mol. The number of nitrogens with one attached hydrogen (secondary N) is 6. The Hall–Kier alpha value is -5.07. The summed E-state index contributed by atoms with van der Waals surface area (Å²) in [6, 6.07) is 21.8. The van der Waals surface area contributed by atoms with Crippen LogP contribution in [0.4, 0.5) is 56.0 Å². The highest BCUT2D eigenvalue weighted by Gasteiger charge is 2.30. The van der Waals surface area contributed by atoms with Crippen LogP contribution >= 0.6 is 104 Å². The molecule has 0 spiro atoms. The molecule has 0 fully saturated rings. The molecule has 0 bridgehead atoms. The lowest BCUT2D eigenvalue weighted by molar-refractivity contribution is -0.137. The normalized spacial score (nSPS) is 10.6. The fraction of sp³-hybridized carbons (Fsp3) is 0.0488. The van der Waals surface area contributed by atoms with Crippen LogP contribution in [0.5, 0.6) is 17.2 Å². The fourth-order valence-corrected chi connectivity index (χ4v) is 7.01. The van der Waals surface area contributed by atoms with Crippen LogP contribution in [0, 0.1) is 0 Å². The van der Waals surface area contributed by atoms with Gasteiger partial charge in [0.15, 0.2) is 17.2 Å². The molecule has 9 N–H and O–H groups in total. The first-order valence-electron chi connectivity index (χ1n) is 17.6. The molecule has 0 atom stereocenters. The topological polar surface area (TPSA) is 184 Å². The van der Waals surface area contributed by atoms with Crippen molar-refractivity contribution in [3.05, 3.63) is 159 Å². The summed E-state index contributed by atoms with van der Waals surface area (Å²) in [5, 5.41) is 46.1. The molecule has 6 aromatic rings. The van der Waals surface area contributed by atoms with Gasteiger partial charge >= 0.3 is 24.3 Å². The van der Waals surface area contributed by atoms with Crippen molar-refractivity contribution in [2.45, 2.75) is 12.7 Å². The van der Waals surface area contributed by atoms with Crippen LogP contribution in [0.1, 0.15) is 11.1 Å². The highest BCUT2D eigenvalue weighted by Crippen LogP contribution is 2.37. The lowest BCUT2D eigenvalue weighted by atomic mass is 10.1. The lowest BCUT2D eigenvalue weighted by Gasteiger charge is -2.11. The van der Waals surface area contributed by atoms with Gasteiger partial charge in [0, 0.05) is 48.1 Å². The summed E-state index contributed by atoms with van der Waals surface area (Å²) in [4.78, 5) is 35.5. The molecule has 0 aliphatic carbocycles. The predicted octanol–water partition coefficient (Wildman–Crippen LogP) is 15.7. The minimum absolute atomic E-state index is 0.000962. The van der Waals surface area contributed by atoms with E-state index in [2.05, 4.69) is 31.9 Å². The van der Waals surface area contributed by atoms with E-state index in [0.29, 0.717) is 37.0 Å². The number of amides is 6. The number of halogens is 12. The number of carbonyl (C=O) groups excluding carboxylic acids is 3. The Bertz CT molecular complexity index is 2660. The van der Waals surface area contributed by atoms with Gasteiger partial charge in [0.2, 0.25) is 0 Å². The Morgan fingerprint density at radius 2 is 0.800 bits per heavy atom. The van der Waals surface area contributed by atoms with E-state index in [1.165, 1.54) is 66.7 Å². The van der Waals surface area contributed by atoms with Gasteiger partial charge < -0.3 is 47.2 Å². The highest BCUT2D eigenvalue weighted by molar-refractivity contribution is 6.38. The SMILES string of the molecule is O=C(NCc1ccc(C(F)(F)F)cc1)Nc1cc(Cl)cc(Cl)c1O.O=C(Nc1cc(Cl)cc(Cl)c1)Nc1cc(Cl)cc(Cl)c1O.O=C(Nc1ccc(Cl)cc1)Nc1cc(Cl)cc(Cl)c1O. The van der Waals surface area contributed by atoms with E-state index in [1.54, 1.807) is 24.3 Å². The van der Waals surface area contributed by atoms with E-state index in [-0.39, 0.29) is 66.0 Å². The molecule has 65 heavy (non-hydrogen) atoms. The van der Waals surface area contributed by atoms with Crippen molar-refractivity contribution in [2.24, 2.45) is 0 Å². The second kappa shape index (κ2) is 23.9. The molecule has 0 aliphatic heterocycles. The molecule has 0 saturated heterocycles. The number of anilines is 5. The second-order valence-corrected chi connectivity index (χ2v) is 16.5. The number of alkyl halides is 3. The van der Waals surface area contributed by atoms with Gasteiger partial charge in [-0.25, -0.2) is 14.4 Å². The first-order valence-corrected chi connectivity index (χ1v) is 21.0. The number of urea groups is 3. The molecular weight excluding hydrogens is 1050 g/mol. The van der Waals surface area contributed by atoms with Gasteiger partial charge in [-0.15, -0.1) is 0 Å². The number of aromatic hydroxyl groups is 3. The Morgan fingerprint density at radius 3 is 1.20 bits per heavy atom. The summed E-state index contributed by atoms with van der Waals surface area (Å²) in [6.45, 7) is -0.000962. The molecule has 12 nitrogen and oxygen atoms in total. The Kier molecular flexibility index (Phi) is 19.3. The number of phenols is 3. The number of rotatable bonds is 7. The van der Waals surface area contributed by atoms with E-state index in [0.717, 1.165) is 12.1 Å². The maximum absolute atomic E-state index is 12.5. The third-order valence-corrected chi connectivity index (χ3v) is 9.99. The first kappa shape index (κ1) is 52.6. The van der Waals surface area contributed by atoms with E-state index < -0.39 is 29.8 Å². The molecule has 6 aromatic carbocycles. The van der Waals surface area contributed by atoms with E-state index >= 15 is 0 Å². The first-order chi connectivity index (χ1) is 30.5. The zero-order chi connectivity index (χ0) is 48.2. The maximum atomic E-state index is 12.5. The molecule has 0 heterocycles. The Labute approximate surface area is 412 Å². The molecule has 0 radical (unpaired) electrons. The molecule has 0 aromatic heterocycles. The van der Waals surface area contributed by atoms with Crippen molar-refractivity contribution in [2.75, 3.05) is 26.6 Å². The number of hydrogen-bond acceptors (Lipinski definition) is 6. The van der Waals surface area contributed by atoms with Gasteiger partial charge in [0.05, 0.1) is 37.7 Å². The Morgan fingerprint density at radius 1 is 0.431 bits per heavy atom. The summed E-state index contributed by atoms with van der Waals surface area (Å²) in [6.07, 6.45) is -4.41. The van der Waals surface area contributed by atoms with Crippen LogP contribution in [-0.2, 0) is 12.7 Å². The van der Waals surface area contributed by atoms with Gasteiger partial charge in [-0.05, 0) is 96.6 Å². The molecule has 0 unspecified atom stereocenters. The van der Waals surface area contributed by atoms with Crippen molar-refractivity contribution in [1.29, 1.82) is 0 Å². The average Bonchev–Trinajstić information content (AvgIpc) is 3.20. The summed E-state index contributed by atoms with van der Waals surface area (Å²) in [5.74, 6) is -0.867. The molecule has 0 aliphatic rings. The van der Waals surface area contributed by atoms with Crippen LogP contribution < -0.4 is 31.9 Å². The summed E-state index contributed by atoms with van der Waals surface area (Å²) < 4.78 is 37.4. The van der Waals surface area contributed by atoms with Crippen molar-refractivity contribution < 1.29 is 42.9 Å². The number of hydrogen-bond donors (Lipinski definition) is 9. The average molecular weight is 1080 g/mol. The quantitative estimate of drug-likeness (QED) is 0.0717. The predicted molar refractivity (Wildman–Crippen MR) is 255 cm³/mol. The number of benzene rings is 6. The molecule has 24 heteroatoms. The van der Waals surface area contributed by atoms with Gasteiger partial charge in [-0.1, -0.05) is 117 Å². The molecule has 342 valence electrons. The third kappa shape index (κ3) is 17.0. The third-order valence-electron chi connectivity index (χ3n) is 7.79. The van der Waals surface area contributed by atoms with Crippen molar-refractivity contribution in [1.82, 2.24) is 5.32 Å². The van der Waals surface area contributed by atoms with E-state index in [9.17, 15) is 42.9 Å². The van der Waals surface area contributed by atoms with Crippen molar-refractivity contribution in [3.63, 3.8) is 0 Å². The van der Waals surface area contributed by atoms with Crippen LogP contribution in [0.2, 0.25) is 45.2 Å². The molecule has 6 amide bonds. The minimum atomic E-state index is -4.41. The van der Waals surface area contributed by atoms with Gasteiger partial charge in [0.1, 0.15) is 0 Å². The van der Waals surface area contributed by atoms with Gasteiger partial charge in [-0.3, -0.25) is 0 Å². The molecular formula is C41H28Cl9F3N6O6. The zero-order valence-corrected chi connectivity index (χ0v) is 38.9. The summed E-state index contributed by atoms with van der Waals surface area (Å²) >= 11 is 52.0. The van der Waals surface area contributed by atoms with Gasteiger partial charge in [-0.2, -0.15) is 13.2 Å². The number of carbonyl (C=O) groups is 3. The van der Waals surface area contributed by atoms with Crippen LogP contribution in [0.25, 0.3) is 0 Å². The summed E-state index contributed by atoms with van der Waals surface area (Å²) in [5.41, 5.74) is 0.877. The standard InChI is InChI=1S/C15H11Cl2F3N2O2.C13H8Cl4N2O2.C13H9Cl3N2O2/c16-10-5-11(17)13(23)12(6-10)22-14(24)21-7-8-1-3-9(4-2-8)15(18,19)20;14-6-1-7(15)3-9(2-6)18-13(21)19-11-5-8(16)4-10(17)12(11)20;14-7-1-3-9(4-2-7)17-13(20)18-11-6-8(15)5-10(16)12(11)19/h1-6,23H,7H2,(H2,21,22,24);1-5,20H,(H2,18,19,21);1-6,19H,(H2,17,18,20). The highest BCUT2D eigenvalue weighted by atomic mass is 35.5. The minimum Gasteiger partial charge on any atom is -0.504 e. The van der Waals surface area contributed by atoms with E-state index in [4.69, 9.17) is 104 Å². The zero-order valence-electron chi connectivity index (χ0n) is 32.1. The Balaban J connectivity index is 0.000000214. The van der Waals surface area contributed by atoms with Gasteiger partial charge in [0.25, 0.3) is 0 Å². The maximum Gasteiger partial charge on any atom is 0.416 e. The molecule has 0 saturated carbocycles. The lowest BCUT2D eigenvalue weighted by Crippen LogP contribution is -2.28. The smallest absolute Gasteiger partial charge is 0.416 e. The van der Waals surface area contributed by atoms with Crippen molar-refractivity contribution >= 4 is 151 Å². The largest absolute Gasteiger partial charge is 0.504 e. The van der Waals surface area contributed by atoms with Crippen molar-refractivity contribution in [3.8, 4) is 17.2 Å². The van der Waals surface area contributed by atoms with E-state index in [1.807, 2.05) is 0 Å². The summed E-state index contributed by atoms with van der Waals surface area (Å²) in [7, 11) is 0.